The normalized spacial score (nSPS) is 22.6. The maximum atomic E-state index is 4.23. The molecule has 88 valence electrons. The van der Waals surface area contributed by atoms with Crippen LogP contribution in [-0.4, -0.2) is 21.5 Å². The van der Waals surface area contributed by atoms with E-state index in [9.17, 15) is 0 Å². The highest BCUT2D eigenvalue weighted by Gasteiger charge is 2.32. The second-order valence-corrected chi connectivity index (χ2v) is 4.69. The van der Waals surface area contributed by atoms with Gasteiger partial charge < -0.3 is 5.32 Å². The summed E-state index contributed by atoms with van der Waals surface area (Å²) in [6, 6.07) is 10.8. The van der Waals surface area contributed by atoms with Crippen LogP contribution in [0.1, 0.15) is 19.0 Å². The summed E-state index contributed by atoms with van der Waals surface area (Å²) in [5.74, 6) is 0.807. The van der Waals surface area contributed by atoms with Crippen molar-refractivity contribution in [2.24, 2.45) is 5.92 Å². The van der Waals surface area contributed by atoms with Gasteiger partial charge in [-0.15, -0.1) is 0 Å². The van der Waals surface area contributed by atoms with Crippen molar-refractivity contribution < 1.29 is 0 Å². The summed E-state index contributed by atoms with van der Waals surface area (Å²) in [6.07, 6.45) is 1.28. The smallest absolute Gasteiger partial charge is 0.117 e. The summed E-state index contributed by atoms with van der Waals surface area (Å²) in [5.41, 5.74) is 3.06. The first-order chi connectivity index (χ1) is 8.34. The number of hydrogen-bond donors (Lipinski definition) is 2. The molecule has 17 heavy (non-hydrogen) atoms. The Bertz CT molecular complexity index is 491. The molecular weight excluding hydrogens is 212 g/mol. The van der Waals surface area contributed by atoms with Crippen molar-refractivity contribution in [2.45, 2.75) is 25.9 Å². The van der Waals surface area contributed by atoms with Crippen LogP contribution >= 0.6 is 0 Å². The Morgan fingerprint density at radius 1 is 1.29 bits per heavy atom. The Morgan fingerprint density at radius 2 is 2.06 bits per heavy atom. The van der Waals surface area contributed by atoms with Gasteiger partial charge in [0.1, 0.15) is 11.4 Å². The highest BCUT2D eigenvalue weighted by molar-refractivity contribution is 5.60. The third kappa shape index (κ3) is 2.22. The van der Waals surface area contributed by atoms with Crippen LogP contribution in [-0.2, 0) is 6.54 Å². The molecule has 1 heterocycles. The molecular formula is C13H16N4. The molecule has 2 atom stereocenters. The SMILES string of the molecule is CC1CC1NCc1n[nH]nc1-c1ccccc1. The van der Waals surface area contributed by atoms with Crippen LogP contribution in [0.3, 0.4) is 0 Å². The predicted octanol–water partition coefficient (Wildman–Crippen LogP) is 1.97. The molecule has 2 unspecified atom stereocenters. The number of aromatic amines is 1. The van der Waals surface area contributed by atoms with Crippen molar-refractivity contribution in [2.75, 3.05) is 0 Å². The van der Waals surface area contributed by atoms with Gasteiger partial charge in [-0.25, -0.2) is 0 Å². The third-order valence-corrected chi connectivity index (χ3v) is 3.31. The lowest BCUT2D eigenvalue weighted by Gasteiger charge is -2.02. The fourth-order valence-corrected chi connectivity index (χ4v) is 2.04. The summed E-state index contributed by atoms with van der Waals surface area (Å²) in [4.78, 5) is 0. The maximum absolute atomic E-state index is 4.23. The molecule has 0 aliphatic heterocycles. The van der Waals surface area contributed by atoms with E-state index >= 15 is 0 Å². The number of H-pyrrole nitrogens is 1. The molecule has 0 amide bonds. The van der Waals surface area contributed by atoms with Crippen LogP contribution in [0.5, 0.6) is 0 Å². The summed E-state index contributed by atoms with van der Waals surface area (Å²) < 4.78 is 0. The number of hydrogen-bond acceptors (Lipinski definition) is 3. The molecule has 2 aromatic rings. The van der Waals surface area contributed by atoms with E-state index in [4.69, 9.17) is 0 Å². The molecule has 1 fully saturated rings. The van der Waals surface area contributed by atoms with Crippen molar-refractivity contribution in [1.29, 1.82) is 0 Å². The molecule has 1 aromatic carbocycles. The number of aromatic nitrogens is 3. The molecule has 0 radical (unpaired) electrons. The molecule has 1 saturated carbocycles. The molecule has 0 saturated heterocycles. The van der Waals surface area contributed by atoms with Gasteiger partial charge in [-0.2, -0.15) is 15.4 Å². The van der Waals surface area contributed by atoms with Gasteiger partial charge >= 0.3 is 0 Å². The van der Waals surface area contributed by atoms with E-state index in [1.165, 1.54) is 6.42 Å². The summed E-state index contributed by atoms with van der Waals surface area (Å²) in [7, 11) is 0. The lowest BCUT2D eigenvalue weighted by Crippen LogP contribution is -2.17. The van der Waals surface area contributed by atoms with Crippen molar-refractivity contribution in [3.63, 3.8) is 0 Å². The molecule has 1 aliphatic carbocycles. The summed E-state index contributed by atoms with van der Waals surface area (Å²) in [6.45, 7) is 3.05. The third-order valence-electron chi connectivity index (χ3n) is 3.31. The van der Waals surface area contributed by atoms with Gasteiger partial charge in [0.2, 0.25) is 0 Å². The van der Waals surface area contributed by atoms with Gasteiger partial charge in [-0.3, -0.25) is 0 Å². The Hall–Kier alpha value is -1.68. The van der Waals surface area contributed by atoms with Crippen molar-refractivity contribution >= 4 is 0 Å². The lowest BCUT2D eigenvalue weighted by atomic mass is 10.1. The highest BCUT2D eigenvalue weighted by Crippen LogP contribution is 2.29. The molecule has 0 bridgehead atoms. The van der Waals surface area contributed by atoms with Gasteiger partial charge in [-0.05, 0) is 12.3 Å². The van der Waals surface area contributed by atoms with Crippen LogP contribution in [0.4, 0.5) is 0 Å². The average molecular weight is 228 g/mol. The number of nitrogens with zero attached hydrogens (tertiary/aromatic N) is 2. The predicted molar refractivity (Wildman–Crippen MR) is 66.2 cm³/mol. The average Bonchev–Trinajstić information content (AvgIpc) is 2.90. The minimum atomic E-state index is 0.662. The van der Waals surface area contributed by atoms with E-state index in [1.54, 1.807) is 0 Å². The van der Waals surface area contributed by atoms with E-state index < -0.39 is 0 Å². The quantitative estimate of drug-likeness (QED) is 0.841. The van der Waals surface area contributed by atoms with Gasteiger partial charge in [0.05, 0.1) is 0 Å². The minimum Gasteiger partial charge on any atom is -0.308 e. The van der Waals surface area contributed by atoms with E-state index in [1.807, 2.05) is 18.2 Å². The van der Waals surface area contributed by atoms with Gasteiger partial charge in [0, 0.05) is 18.2 Å². The second-order valence-electron chi connectivity index (χ2n) is 4.69. The number of benzene rings is 1. The molecule has 3 rings (SSSR count). The first kappa shape index (κ1) is 10.5. The van der Waals surface area contributed by atoms with Crippen LogP contribution in [0.15, 0.2) is 30.3 Å². The number of rotatable bonds is 4. The van der Waals surface area contributed by atoms with E-state index in [0.29, 0.717) is 6.04 Å². The first-order valence-electron chi connectivity index (χ1n) is 6.03. The lowest BCUT2D eigenvalue weighted by molar-refractivity contribution is 0.641. The van der Waals surface area contributed by atoms with Gasteiger partial charge in [0.25, 0.3) is 0 Å². The molecule has 0 spiro atoms. The Balaban J connectivity index is 1.75. The van der Waals surface area contributed by atoms with Crippen LogP contribution in [0.25, 0.3) is 11.3 Å². The van der Waals surface area contributed by atoms with Crippen LogP contribution in [0.2, 0.25) is 0 Å². The second kappa shape index (κ2) is 4.30. The van der Waals surface area contributed by atoms with Crippen molar-refractivity contribution in [3.05, 3.63) is 36.0 Å². The summed E-state index contributed by atoms with van der Waals surface area (Å²) in [5, 5.41) is 14.7. The Labute approximate surface area is 100 Å². The van der Waals surface area contributed by atoms with E-state index in [0.717, 1.165) is 29.4 Å². The zero-order valence-electron chi connectivity index (χ0n) is 9.85. The Kier molecular flexibility index (Phi) is 2.65. The largest absolute Gasteiger partial charge is 0.308 e. The van der Waals surface area contributed by atoms with E-state index in [-0.39, 0.29) is 0 Å². The zero-order chi connectivity index (χ0) is 11.7. The van der Waals surface area contributed by atoms with Gasteiger partial charge in [0.15, 0.2) is 0 Å². The standard InChI is InChI=1S/C13H16N4/c1-9-7-11(9)14-8-12-13(16-17-15-12)10-5-3-2-4-6-10/h2-6,9,11,14H,7-8H2,1H3,(H,15,16,17). The minimum absolute atomic E-state index is 0.662. The monoisotopic (exact) mass is 228 g/mol. The molecule has 4 heteroatoms. The molecule has 2 N–H and O–H groups in total. The van der Waals surface area contributed by atoms with E-state index in [2.05, 4.69) is 39.8 Å². The molecule has 1 aromatic heterocycles. The summed E-state index contributed by atoms with van der Waals surface area (Å²) >= 11 is 0. The fourth-order valence-electron chi connectivity index (χ4n) is 2.04. The van der Waals surface area contributed by atoms with Gasteiger partial charge in [-0.1, -0.05) is 37.3 Å². The molecule has 4 nitrogen and oxygen atoms in total. The van der Waals surface area contributed by atoms with Crippen molar-refractivity contribution in [1.82, 2.24) is 20.7 Å². The highest BCUT2D eigenvalue weighted by atomic mass is 15.3. The maximum Gasteiger partial charge on any atom is 0.117 e. The van der Waals surface area contributed by atoms with Crippen LogP contribution in [0, 0.1) is 5.92 Å². The van der Waals surface area contributed by atoms with Crippen LogP contribution < -0.4 is 5.32 Å². The Morgan fingerprint density at radius 3 is 2.76 bits per heavy atom. The first-order valence-corrected chi connectivity index (χ1v) is 6.03. The topological polar surface area (TPSA) is 53.6 Å². The molecule has 1 aliphatic rings. The zero-order valence-corrected chi connectivity index (χ0v) is 9.85. The fraction of sp³-hybridized carbons (Fsp3) is 0.385. The number of nitrogens with one attached hydrogen (secondary N) is 2. The van der Waals surface area contributed by atoms with Crippen molar-refractivity contribution in [3.8, 4) is 11.3 Å².